The molecule has 3 aliphatic heterocycles. The Labute approximate surface area is 454 Å². The molecule has 1 amide bonds. The first kappa shape index (κ1) is 57.6. The molecule has 0 spiro atoms. The number of hydrogen-bond donors (Lipinski definition) is 9. The normalized spacial score (nSPS) is 45.9. The third kappa shape index (κ3) is 9.47. The molecule has 1 aromatic carbocycles. The summed E-state index contributed by atoms with van der Waals surface area (Å²) in [6.07, 6.45) is -8.85. The van der Waals surface area contributed by atoms with Gasteiger partial charge in [0.15, 0.2) is 18.9 Å². The van der Waals surface area contributed by atoms with Crippen molar-refractivity contribution in [2.45, 2.75) is 218 Å². The SMILES string of the molecule is C[C@@H]1O[C@@H](O[C@H]2[C@H](O[C@H]3CC[C@]4(C)[C@H]5CC=C6[C@@H]7CC(C)(C)CC[C@]7(C(=O)NCc7cn(-c8ccccc8[N+](=O)[O-])nn7)CC[C@@]6(C)[C@]5(C)CC[C@H]4C3(C)C)OC[C@H](O[C@@H]3O[C@H](CO)[C@@H](O)[C@H](O)[C@H]3O)[C@@H]2O)[C@H](O)[C@H](O)[C@H]1O. The number of aromatic nitrogens is 3. The number of hydrogen-bond acceptors (Lipinski definition) is 19. The molecule has 22 nitrogen and oxygen atoms in total. The lowest BCUT2D eigenvalue weighted by Gasteiger charge is -2.71. The van der Waals surface area contributed by atoms with Crippen LogP contribution in [0.5, 0.6) is 0 Å². The molecule has 2 aromatic rings. The number of nitrogens with zero attached hydrogens (tertiary/aromatic N) is 4. The standard InChI is InChI=1S/C56H83N5O17/c1-28-39(63)42(66)44(68)47(74-28)78-46-41(65)35(76-48-45(69)43(67)40(64)34(26-62)75-48)27-73-49(46)77-38-16-17-53(6)36(52(38,4)5)15-18-55(8)37(53)14-13-30-31-23-51(2,3)19-21-56(31,22-20-54(30,55)7)50(70)57-24-29-25-60(59-58-29)32-11-9-10-12-33(32)61(71)72/h9-13,25,28,31,34-49,62-69H,14-24,26-27H2,1-8H3,(H,57,70)/t28-,31-,34+,35-,36-,37+,38-,39-,40+,41-,42+,43-,44+,45+,46+,47-,48-,49-,53-,54+,55+,56-/m0/s1. The molecule has 434 valence electrons. The number of nitro benzene ring substituents is 1. The van der Waals surface area contributed by atoms with Crippen molar-refractivity contribution in [3.8, 4) is 5.69 Å². The summed E-state index contributed by atoms with van der Waals surface area (Å²) in [5.41, 5.74) is 0.654. The van der Waals surface area contributed by atoms with Gasteiger partial charge in [0.2, 0.25) is 5.91 Å². The minimum absolute atomic E-state index is 0.0153. The van der Waals surface area contributed by atoms with Gasteiger partial charge in [-0.15, -0.1) is 5.10 Å². The van der Waals surface area contributed by atoms with Crippen molar-refractivity contribution >= 4 is 11.6 Å². The number of ether oxygens (including phenoxy) is 6. The molecule has 0 bridgehead atoms. The largest absolute Gasteiger partial charge is 0.394 e. The van der Waals surface area contributed by atoms with Crippen LogP contribution in [-0.2, 0) is 39.8 Å². The maximum atomic E-state index is 14.9. The van der Waals surface area contributed by atoms with Crippen LogP contribution in [0.25, 0.3) is 5.69 Å². The molecule has 5 aliphatic carbocycles. The van der Waals surface area contributed by atoms with E-state index >= 15 is 0 Å². The smallest absolute Gasteiger partial charge is 0.294 e. The predicted molar refractivity (Wildman–Crippen MR) is 275 cm³/mol. The third-order valence-corrected chi connectivity index (χ3v) is 21.3. The number of amides is 1. The molecule has 9 N–H and O–H groups in total. The predicted octanol–water partition coefficient (Wildman–Crippen LogP) is 3.09. The Morgan fingerprint density at radius 3 is 2.22 bits per heavy atom. The van der Waals surface area contributed by atoms with Gasteiger partial charge >= 0.3 is 0 Å². The van der Waals surface area contributed by atoms with E-state index in [0.717, 1.165) is 57.8 Å². The summed E-state index contributed by atoms with van der Waals surface area (Å²) in [6, 6.07) is 6.34. The van der Waals surface area contributed by atoms with Crippen LogP contribution in [-0.4, -0.2) is 172 Å². The summed E-state index contributed by atoms with van der Waals surface area (Å²) in [6.45, 7) is 17.2. The van der Waals surface area contributed by atoms with Crippen molar-refractivity contribution in [3.05, 3.63) is 57.9 Å². The Bertz CT molecular complexity index is 2560. The molecule has 1 aromatic heterocycles. The second-order valence-electron chi connectivity index (χ2n) is 26.3. The zero-order valence-electron chi connectivity index (χ0n) is 46.1. The monoisotopic (exact) mass is 1100 g/mol. The summed E-state index contributed by atoms with van der Waals surface area (Å²) < 4.78 is 38.4. The van der Waals surface area contributed by atoms with Crippen molar-refractivity contribution in [1.29, 1.82) is 0 Å². The second kappa shape index (κ2) is 21.0. The number of benzene rings is 1. The van der Waals surface area contributed by atoms with Gasteiger partial charge in [-0.3, -0.25) is 14.9 Å². The highest BCUT2D eigenvalue weighted by molar-refractivity contribution is 5.84. The summed E-state index contributed by atoms with van der Waals surface area (Å²) >= 11 is 0. The van der Waals surface area contributed by atoms with Crippen LogP contribution in [0.15, 0.2) is 42.1 Å². The number of aliphatic hydroxyl groups is 8. The number of carbonyl (C=O) groups is 1. The molecule has 0 unspecified atom stereocenters. The number of allylic oxidation sites excluding steroid dienone is 2. The van der Waals surface area contributed by atoms with Gasteiger partial charge in [-0.25, -0.2) is 4.68 Å². The molecule has 22 heteroatoms. The molecule has 78 heavy (non-hydrogen) atoms. The average Bonchev–Trinajstić information content (AvgIpc) is 3.92. The first-order chi connectivity index (χ1) is 36.7. The highest BCUT2D eigenvalue weighted by Gasteiger charge is 2.70. The van der Waals surface area contributed by atoms with E-state index < -0.39 is 114 Å². The number of para-hydroxylation sites is 2. The number of aliphatic hydroxyl groups excluding tert-OH is 8. The number of carbonyl (C=O) groups excluding carboxylic acids is 1. The maximum absolute atomic E-state index is 14.9. The van der Waals surface area contributed by atoms with Crippen LogP contribution in [0, 0.1) is 60.4 Å². The van der Waals surface area contributed by atoms with Gasteiger partial charge in [-0.2, -0.15) is 0 Å². The molecule has 10 rings (SSSR count). The topological polar surface area (TPSA) is 320 Å². The Kier molecular flexibility index (Phi) is 15.5. The highest BCUT2D eigenvalue weighted by Crippen LogP contribution is 2.76. The van der Waals surface area contributed by atoms with Crippen molar-refractivity contribution in [2.75, 3.05) is 13.2 Å². The molecule has 8 aliphatic rings. The van der Waals surface area contributed by atoms with Crippen LogP contribution in [0.1, 0.15) is 125 Å². The van der Waals surface area contributed by atoms with Gasteiger partial charge in [0.1, 0.15) is 72.4 Å². The van der Waals surface area contributed by atoms with Crippen LogP contribution in [0.4, 0.5) is 5.69 Å². The van der Waals surface area contributed by atoms with Crippen molar-refractivity contribution < 1.29 is 79.0 Å². The summed E-state index contributed by atoms with van der Waals surface area (Å²) in [5, 5.41) is 109. The lowest BCUT2D eigenvalue weighted by atomic mass is 9.33. The third-order valence-electron chi connectivity index (χ3n) is 21.3. The van der Waals surface area contributed by atoms with E-state index in [9.17, 15) is 55.8 Å². The van der Waals surface area contributed by atoms with E-state index in [1.165, 1.54) is 23.2 Å². The van der Waals surface area contributed by atoms with E-state index in [0.29, 0.717) is 23.7 Å². The Morgan fingerprint density at radius 1 is 0.808 bits per heavy atom. The van der Waals surface area contributed by atoms with Crippen LogP contribution < -0.4 is 5.32 Å². The van der Waals surface area contributed by atoms with E-state index in [2.05, 4.69) is 70.2 Å². The van der Waals surface area contributed by atoms with Crippen LogP contribution in [0.3, 0.4) is 0 Å². The highest BCUT2D eigenvalue weighted by atomic mass is 16.8. The Hall–Kier alpha value is -3.59. The lowest BCUT2D eigenvalue weighted by Crippen LogP contribution is -2.66. The van der Waals surface area contributed by atoms with Crippen LogP contribution in [0.2, 0.25) is 0 Å². The minimum atomic E-state index is -1.77. The summed E-state index contributed by atoms with van der Waals surface area (Å²) in [5.74, 6) is 0.536. The molecule has 4 heterocycles. The fourth-order valence-corrected chi connectivity index (χ4v) is 16.5. The quantitative estimate of drug-likeness (QED) is 0.0638. The number of nitro groups is 1. The average molecular weight is 1100 g/mol. The molecule has 4 saturated carbocycles. The minimum Gasteiger partial charge on any atom is -0.394 e. The number of fused-ring (bicyclic) bond motifs is 7. The van der Waals surface area contributed by atoms with Gasteiger partial charge in [0, 0.05) is 6.07 Å². The zero-order chi connectivity index (χ0) is 56.2. The van der Waals surface area contributed by atoms with Gasteiger partial charge in [-0.05, 0) is 122 Å². The van der Waals surface area contributed by atoms with E-state index in [1.54, 1.807) is 24.4 Å². The van der Waals surface area contributed by atoms with Gasteiger partial charge in [0.05, 0.1) is 48.5 Å². The molecule has 0 radical (unpaired) electrons. The Morgan fingerprint density at radius 2 is 1.50 bits per heavy atom. The van der Waals surface area contributed by atoms with Gasteiger partial charge < -0.3 is 74.6 Å². The summed E-state index contributed by atoms with van der Waals surface area (Å²) in [7, 11) is 0. The van der Waals surface area contributed by atoms with E-state index in [-0.39, 0.29) is 58.2 Å². The fourth-order valence-electron chi connectivity index (χ4n) is 16.5. The maximum Gasteiger partial charge on any atom is 0.294 e. The van der Waals surface area contributed by atoms with E-state index in [4.69, 9.17) is 28.4 Å². The summed E-state index contributed by atoms with van der Waals surface area (Å²) in [4.78, 5) is 26.2. The molecule has 7 fully saturated rings. The lowest BCUT2D eigenvalue weighted by molar-refractivity contribution is -0.384. The van der Waals surface area contributed by atoms with Gasteiger partial charge in [-0.1, -0.05) is 77.5 Å². The Balaban J connectivity index is 0.872. The van der Waals surface area contributed by atoms with Crippen molar-refractivity contribution in [3.63, 3.8) is 0 Å². The fraction of sp³-hybridized carbons (Fsp3) is 0.804. The first-order valence-electron chi connectivity index (χ1n) is 28.1. The number of nitrogens with one attached hydrogen (secondary N) is 1. The number of rotatable bonds is 12. The first-order valence-corrected chi connectivity index (χ1v) is 28.1. The zero-order valence-corrected chi connectivity index (χ0v) is 46.1. The van der Waals surface area contributed by atoms with Crippen molar-refractivity contribution in [1.82, 2.24) is 20.3 Å². The van der Waals surface area contributed by atoms with Gasteiger partial charge in [0.25, 0.3) is 5.69 Å². The molecular formula is C56H83N5O17. The van der Waals surface area contributed by atoms with E-state index in [1.807, 2.05) is 0 Å². The molecular weight excluding hydrogens is 1010 g/mol. The molecule has 22 atom stereocenters. The van der Waals surface area contributed by atoms with Crippen LogP contribution >= 0.6 is 0 Å². The molecule has 3 saturated heterocycles. The van der Waals surface area contributed by atoms with Crippen molar-refractivity contribution in [2.24, 2.45) is 50.2 Å². The second-order valence-corrected chi connectivity index (χ2v) is 26.3.